The molecule has 23 heavy (non-hydrogen) atoms. The maximum Gasteiger partial charge on any atom is 0.326 e. The second kappa shape index (κ2) is 6.77. The number of fused-ring (bicyclic) bond motifs is 1. The van der Waals surface area contributed by atoms with E-state index in [1.54, 1.807) is 12.3 Å². The average Bonchev–Trinajstić information content (AvgIpc) is 2.59. The Morgan fingerprint density at radius 1 is 1.13 bits per heavy atom. The van der Waals surface area contributed by atoms with Crippen molar-refractivity contribution in [2.45, 2.75) is 38.1 Å². The van der Waals surface area contributed by atoms with Crippen molar-refractivity contribution >= 4 is 22.8 Å². The molecule has 120 valence electrons. The molecule has 0 aliphatic heterocycles. The third-order valence-corrected chi connectivity index (χ3v) is 4.57. The fourth-order valence-electron chi connectivity index (χ4n) is 3.36. The van der Waals surface area contributed by atoms with Gasteiger partial charge in [-0.2, -0.15) is 0 Å². The molecule has 0 saturated heterocycles. The van der Waals surface area contributed by atoms with Crippen LogP contribution in [0.2, 0.25) is 0 Å². The van der Waals surface area contributed by atoms with E-state index in [0.717, 1.165) is 43.0 Å². The van der Waals surface area contributed by atoms with Gasteiger partial charge in [-0.15, -0.1) is 0 Å². The van der Waals surface area contributed by atoms with Crippen molar-refractivity contribution in [1.29, 1.82) is 0 Å². The van der Waals surface area contributed by atoms with Gasteiger partial charge in [0.25, 0.3) is 5.91 Å². The van der Waals surface area contributed by atoms with Crippen molar-refractivity contribution in [3.8, 4) is 0 Å². The molecule has 1 aliphatic carbocycles. The topological polar surface area (TPSA) is 79.3 Å². The number of carbonyl (C=O) groups excluding carboxylic acids is 1. The smallest absolute Gasteiger partial charge is 0.326 e. The van der Waals surface area contributed by atoms with E-state index < -0.39 is 12.0 Å². The van der Waals surface area contributed by atoms with Crippen molar-refractivity contribution in [2.75, 3.05) is 0 Å². The Bertz CT molecular complexity index is 718. The summed E-state index contributed by atoms with van der Waals surface area (Å²) in [6, 6.07) is 8.18. The number of aliphatic carboxylic acids is 1. The molecule has 1 fully saturated rings. The van der Waals surface area contributed by atoms with Crippen LogP contribution in [0.5, 0.6) is 0 Å². The van der Waals surface area contributed by atoms with E-state index in [2.05, 4.69) is 10.3 Å². The average molecular weight is 312 g/mol. The van der Waals surface area contributed by atoms with Gasteiger partial charge in [0.15, 0.2) is 0 Å². The van der Waals surface area contributed by atoms with Gasteiger partial charge in [0.05, 0.1) is 11.1 Å². The first-order valence-electron chi connectivity index (χ1n) is 8.04. The molecule has 1 aromatic carbocycles. The molecule has 2 aromatic rings. The molecular weight excluding hydrogens is 292 g/mol. The molecule has 1 aromatic heterocycles. The number of carboxylic acids is 1. The minimum absolute atomic E-state index is 0.0123. The zero-order chi connectivity index (χ0) is 16.2. The van der Waals surface area contributed by atoms with Crippen LogP contribution in [-0.2, 0) is 4.79 Å². The Kier molecular flexibility index (Phi) is 4.55. The number of nitrogens with one attached hydrogen (secondary N) is 1. The molecule has 1 saturated carbocycles. The third-order valence-electron chi connectivity index (χ3n) is 4.57. The van der Waals surface area contributed by atoms with Crippen LogP contribution in [0.15, 0.2) is 36.5 Å². The normalized spacial score (nSPS) is 16.9. The highest BCUT2D eigenvalue weighted by molar-refractivity contribution is 6.06. The number of rotatable bonds is 4. The fraction of sp³-hybridized carbons (Fsp3) is 0.389. The first-order chi connectivity index (χ1) is 11.2. The first kappa shape index (κ1) is 15.5. The molecule has 0 spiro atoms. The number of pyridine rings is 1. The number of benzene rings is 1. The molecule has 5 heteroatoms. The number of amides is 1. The largest absolute Gasteiger partial charge is 0.480 e. The third kappa shape index (κ3) is 3.33. The summed E-state index contributed by atoms with van der Waals surface area (Å²) < 4.78 is 0. The summed E-state index contributed by atoms with van der Waals surface area (Å²) >= 11 is 0. The SMILES string of the molecule is O=C(N[C@@H](C(=O)O)C1CCCCC1)c1ccnc2ccccc12. The highest BCUT2D eigenvalue weighted by Crippen LogP contribution is 2.27. The quantitative estimate of drug-likeness (QED) is 0.909. The van der Waals surface area contributed by atoms with Crippen molar-refractivity contribution in [2.24, 2.45) is 5.92 Å². The van der Waals surface area contributed by atoms with E-state index in [9.17, 15) is 14.7 Å². The summed E-state index contributed by atoms with van der Waals surface area (Å²) in [7, 11) is 0. The standard InChI is InChI=1S/C18H20N2O3/c21-17(14-10-11-19-15-9-5-4-8-13(14)15)20-16(18(22)23)12-6-2-1-3-7-12/h4-5,8-12,16H,1-3,6-7H2,(H,20,21)(H,22,23)/t16-/m1/s1. The molecule has 0 bridgehead atoms. The molecule has 0 unspecified atom stereocenters. The molecule has 1 atom stereocenters. The van der Waals surface area contributed by atoms with Gasteiger partial charge in [0.2, 0.25) is 0 Å². The van der Waals surface area contributed by atoms with Gasteiger partial charge in [0, 0.05) is 11.6 Å². The Morgan fingerprint density at radius 2 is 1.87 bits per heavy atom. The molecule has 2 N–H and O–H groups in total. The van der Waals surface area contributed by atoms with E-state index in [-0.39, 0.29) is 11.8 Å². The maximum absolute atomic E-state index is 12.6. The number of carboxylic acid groups (broad SMARTS) is 1. The van der Waals surface area contributed by atoms with Crippen molar-refractivity contribution in [3.05, 3.63) is 42.1 Å². The van der Waals surface area contributed by atoms with Crippen LogP contribution >= 0.6 is 0 Å². The minimum atomic E-state index is -0.955. The lowest BCUT2D eigenvalue weighted by molar-refractivity contribution is -0.141. The Balaban J connectivity index is 1.84. The van der Waals surface area contributed by atoms with E-state index >= 15 is 0 Å². The van der Waals surface area contributed by atoms with Crippen molar-refractivity contribution < 1.29 is 14.7 Å². The van der Waals surface area contributed by atoms with Crippen molar-refractivity contribution in [3.63, 3.8) is 0 Å². The minimum Gasteiger partial charge on any atom is -0.480 e. The van der Waals surface area contributed by atoms with Gasteiger partial charge in [-0.05, 0) is 30.9 Å². The van der Waals surface area contributed by atoms with Crippen LogP contribution in [-0.4, -0.2) is 28.0 Å². The molecular formula is C18H20N2O3. The summed E-state index contributed by atoms with van der Waals surface area (Å²) in [5, 5.41) is 13.0. The van der Waals surface area contributed by atoms with Gasteiger partial charge in [-0.1, -0.05) is 37.5 Å². The lowest BCUT2D eigenvalue weighted by atomic mass is 9.83. The monoisotopic (exact) mass is 312 g/mol. The zero-order valence-corrected chi connectivity index (χ0v) is 12.9. The first-order valence-corrected chi connectivity index (χ1v) is 8.04. The van der Waals surface area contributed by atoms with Gasteiger partial charge in [-0.3, -0.25) is 9.78 Å². The number of nitrogens with zero attached hydrogens (tertiary/aromatic N) is 1. The predicted molar refractivity (Wildman–Crippen MR) is 87.2 cm³/mol. The Hall–Kier alpha value is -2.43. The molecule has 1 heterocycles. The van der Waals surface area contributed by atoms with Gasteiger partial charge >= 0.3 is 5.97 Å². The van der Waals surface area contributed by atoms with Gasteiger partial charge in [-0.25, -0.2) is 4.79 Å². The number of carbonyl (C=O) groups is 2. The summed E-state index contributed by atoms with van der Waals surface area (Å²) in [4.78, 5) is 28.4. The zero-order valence-electron chi connectivity index (χ0n) is 12.9. The van der Waals surface area contributed by atoms with E-state index in [1.807, 2.05) is 24.3 Å². The highest BCUT2D eigenvalue weighted by atomic mass is 16.4. The van der Waals surface area contributed by atoms with Crippen LogP contribution in [0.3, 0.4) is 0 Å². The predicted octanol–water partition coefficient (Wildman–Crippen LogP) is 3.00. The van der Waals surface area contributed by atoms with E-state index in [1.165, 1.54) is 0 Å². The second-order valence-corrected chi connectivity index (χ2v) is 6.06. The van der Waals surface area contributed by atoms with Crippen LogP contribution in [0, 0.1) is 5.92 Å². The molecule has 0 radical (unpaired) electrons. The van der Waals surface area contributed by atoms with E-state index in [0.29, 0.717) is 5.56 Å². The summed E-state index contributed by atoms with van der Waals surface area (Å²) in [6.45, 7) is 0. The van der Waals surface area contributed by atoms with Gasteiger partial charge in [0.1, 0.15) is 6.04 Å². The number of hydrogen-bond donors (Lipinski definition) is 2. The molecule has 1 aliphatic rings. The Morgan fingerprint density at radius 3 is 2.61 bits per heavy atom. The van der Waals surface area contributed by atoms with Gasteiger partial charge < -0.3 is 10.4 Å². The van der Waals surface area contributed by atoms with Crippen LogP contribution in [0.1, 0.15) is 42.5 Å². The summed E-state index contributed by atoms with van der Waals surface area (Å²) in [5.74, 6) is -1.29. The summed E-state index contributed by atoms with van der Waals surface area (Å²) in [5.41, 5.74) is 1.20. The van der Waals surface area contributed by atoms with Crippen LogP contribution in [0.25, 0.3) is 10.9 Å². The Labute approximate surface area is 134 Å². The molecule has 3 rings (SSSR count). The second-order valence-electron chi connectivity index (χ2n) is 6.06. The number of aromatic nitrogens is 1. The van der Waals surface area contributed by atoms with Crippen LogP contribution < -0.4 is 5.32 Å². The lowest BCUT2D eigenvalue weighted by Crippen LogP contribution is -2.46. The number of para-hydroxylation sites is 1. The van der Waals surface area contributed by atoms with E-state index in [4.69, 9.17) is 0 Å². The molecule has 1 amide bonds. The molecule has 5 nitrogen and oxygen atoms in total. The summed E-state index contributed by atoms with van der Waals surface area (Å²) in [6.07, 6.45) is 6.49. The fourth-order valence-corrected chi connectivity index (χ4v) is 3.36. The highest BCUT2D eigenvalue weighted by Gasteiger charge is 2.31. The van der Waals surface area contributed by atoms with Crippen molar-refractivity contribution in [1.82, 2.24) is 10.3 Å². The number of hydrogen-bond acceptors (Lipinski definition) is 3. The maximum atomic E-state index is 12.6. The van der Waals surface area contributed by atoms with Crippen LogP contribution in [0.4, 0.5) is 0 Å². The lowest BCUT2D eigenvalue weighted by Gasteiger charge is -2.28.